The van der Waals surface area contributed by atoms with Gasteiger partial charge in [0.2, 0.25) is 0 Å². The van der Waals surface area contributed by atoms with Gasteiger partial charge in [-0.15, -0.1) is 0 Å². The molecule has 0 heterocycles. The third-order valence-corrected chi connectivity index (χ3v) is 3.63. The van der Waals surface area contributed by atoms with E-state index in [1.54, 1.807) is 0 Å². The van der Waals surface area contributed by atoms with Gasteiger partial charge in [0, 0.05) is 25.1 Å². The first-order chi connectivity index (χ1) is 7.45. The van der Waals surface area contributed by atoms with E-state index >= 15 is 0 Å². The number of hydrogen-bond acceptors (Lipinski definition) is 3. The van der Waals surface area contributed by atoms with Crippen LogP contribution in [-0.2, 0) is 0 Å². The fraction of sp³-hybridized carbons (Fsp3) is 1.00. The Morgan fingerprint density at radius 2 is 1.62 bits per heavy atom. The van der Waals surface area contributed by atoms with Gasteiger partial charge in [-0.1, -0.05) is 27.2 Å². The summed E-state index contributed by atoms with van der Waals surface area (Å²) in [6.07, 6.45) is 3.72. The van der Waals surface area contributed by atoms with E-state index in [1.807, 2.05) is 6.92 Å². The molecule has 0 radical (unpaired) electrons. The molecule has 0 aliphatic carbocycles. The zero-order valence-corrected chi connectivity index (χ0v) is 11.3. The quantitative estimate of drug-likeness (QED) is 0.568. The highest BCUT2D eigenvalue weighted by Gasteiger charge is 2.26. The van der Waals surface area contributed by atoms with Crippen LogP contribution in [0.15, 0.2) is 0 Å². The van der Waals surface area contributed by atoms with Crippen LogP contribution in [0.5, 0.6) is 0 Å². The van der Waals surface area contributed by atoms with E-state index in [9.17, 15) is 10.2 Å². The van der Waals surface area contributed by atoms with Gasteiger partial charge in [0.1, 0.15) is 0 Å². The van der Waals surface area contributed by atoms with Crippen molar-refractivity contribution in [2.24, 2.45) is 5.41 Å². The molecule has 0 rings (SSSR count). The average molecular weight is 231 g/mol. The Balaban J connectivity index is 4.04. The SMILES string of the molecule is CCCC(C)(O)CNCC(CC)(CC)CO. The van der Waals surface area contributed by atoms with E-state index in [2.05, 4.69) is 26.1 Å². The van der Waals surface area contributed by atoms with Gasteiger partial charge < -0.3 is 15.5 Å². The lowest BCUT2D eigenvalue weighted by molar-refractivity contribution is 0.0414. The smallest absolute Gasteiger partial charge is 0.0743 e. The van der Waals surface area contributed by atoms with E-state index in [-0.39, 0.29) is 12.0 Å². The van der Waals surface area contributed by atoms with Crippen molar-refractivity contribution in [1.29, 1.82) is 0 Å². The van der Waals surface area contributed by atoms with Crippen molar-refractivity contribution in [2.75, 3.05) is 19.7 Å². The maximum absolute atomic E-state index is 10.0. The maximum atomic E-state index is 10.0. The molecule has 1 unspecified atom stereocenters. The van der Waals surface area contributed by atoms with Crippen LogP contribution in [0.1, 0.15) is 53.4 Å². The van der Waals surface area contributed by atoms with Gasteiger partial charge in [-0.25, -0.2) is 0 Å². The van der Waals surface area contributed by atoms with Crippen LogP contribution in [0, 0.1) is 5.41 Å². The second-order valence-electron chi connectivity index (χ2n) is 5.22. The Morgan fingerprint density at radius 3 is 2.00 bits per heavy atom. The van der Waals surface area contributed by atoms with E-state index < -0.39 is 5.60 Å². The standard InChI is InChI=1S/C13H29NO2/c1-5-8-12(4,16)9-14-10-13(6-2,7-3)11-15/h14-16H,5-11H2,1-4H3. The van der Waals surface area contributed by atoms with E-state index in [1.165, 1.54) is 0 Å². The van der Waals surface area contributed by atoms with Crippen molar-refractivity contribution in [2.45, 2.75) is 59.0 Å². The van der Waals surface area contributed by atoms with Crippen molar-refractivity contribution in [3.63, 3.8) is 0 Å². The average Bonchev–Trinajstić information content (AvgIpc) is 2.25. The second kappa shape index (κ2) is 7.25. The molecule has 0 amide bonds. The topological polar surface area (TPSA) is 52.5 Å². The van der Waals surface area contributed by atoms with Crippen molar-refractivity contribution >= 4 is 0 Å². The molecule has 0 aromatic rings. The minimum Gasteiger partial charge on any atom is -0.396 e. The summed E-state index contributed by atoms with van der Waals surface area (Å²) in [5.74, 6) is 0. The third-order valence-electron chi connectivity index (χ3n) is 3.63. The summed E-state index contributed by atoms with van der Waals surface area (Å²) in [7, 11) is 0. The summed E-state index contributed by atoms with van der Waals surface area (Å²) in [6, 6.07) is 0. The second-order valence-corrected chi connectivity index (χ2v) is 5.22. The van der Waals surface area contributed by atoms with Gasteiger partial charge in [0.15, 0.2) is 0 Å². The summed E-state index contributed by atoms with van der Waals surface area (Å²) < 4.78 is 0. The zero-order chi connectivity index (χ0) is 12.7. The number of rotatable bonds is 9. The molecule has 3 nitrogen and oxygen atoms in total. The van der Waals surface area contributed by atoms with Gasteiger partial charge in [-0.3, -0.25) is 0 Å². The van der Waals surface area contributed by atoms with Crippen molar-refractivity contribution in [1.82, 2.24) is 5.32 Å². The number of hydrogen-bond donors (Lipinski definition) is 3. The Hall–Kier alpha value is -0.120. The largest absolute Gasteiger partial charge is 0.396 e. The first kappa shape index (κ1) is 15.9. The highest BCUT2D eigenvalue weighted by atomic mass is 16.3. The molecule has 3 heteroatoms. The molecule has 0 bridgehead atoms. The monoisotopic (exact) mass is 231 g/mol. The van der Waals surface area contributed by atoms with Crippen LogP contribution in [-0.4, -0.2) is 35.5 Å². The van der Waals surface area contributed by atoms with Gasteiger partial charge in [0.25, 0.3) is 0 Å². The highest BCUT2D eigenvalue weighted by Crippen LogP contribution is 2.24. The molecular formula is C13H29NO2. The van der Waals surface area contributed by atoms with E-state index in [0.717, 1.165) is 32.2 Å². The maximum Gasteiger partial charge on any atom is 0.0743 e. The zero-order valence-electron chi connectivity index (χ0n) is 11.3. The summed E-state index contributed by atoms with van der Waals surface area (Å²) >= 11 is 0. The normalized spacial score (nSPS) is 16.1. The van der Waals surface area contributed by atoms with Crippen LogP contribution in [0.4, 0.5) is 0 Å². The van der Waals surface area contributed by atoms with E-state index in [0.29, 0.717) is 6.54 Å². The summed E-state index contributed by atoms with van der Waals surface area (Å²) in [6.45, 7) is 9.73. The Bertz CT molecular complexity index is 169. The Kier molecular flexibility index (Phi) is 7.20. The molecule has 98 valence electrons. The fourth-order valence-corrected chi connectivity index (χ4v) is 2.00. The van der Waals surface area contributed by atoms with Crippen LogP contribution in [0.2, 0.25) is 0 Å². The first-order valence-corrected chi connectivity index (χ1v) is 6.49. The molecule has 0 aromatic heterocycles. The highest BCUT2D eigenvalue weighted by molar-refractivity contribution is 4.81. The Morgan fingerprint density at radius 1 is 1.06 bits per heavy atom. The van der Waals surface area contributed by atoms with Crippen LogP contribution >= 0.6 is 0 Å². The molecule has 0 spiro atoms. The minimum absolute atomic E-state index is 0.0255. The predicted octanol–water partition coefficient (Wildman–Crippen LogP) is 1.93. The molecule has 1 atom stereocenters. The van der Waals surface area contributed by atoms with Crippen molar-refractivity contribution < 1.29 is 10.2 Å². The van der Waals surface area contributed by atoms with Gasteiger partial charge >= 0.3 is 0 Å². The molecule has 16 heavy (non-hydrogen) atoms. The number of aliphatic hydroxyl groups is 2. The Labute approximate surface area is 100 Å². The predicted molar refractivity (Wildman–Crippen MR) is 68.5 cm³/mol. The molecular weight excluding hydrogens is 202 g/mol. The van der Waals surface area contributed by atoms with Crippen molar-refractivity contribution in [3.05, 3.63) is 0 Å². The first-order valence-electron chi connectivity index (χ1n) is 6.49. The molecule has 0 aliphatic rings. The molecule has 0 fully saturated rings. The minimum atomic E-state index is -0.628. The van der Waals surface area contributed by atoms with Gasteiger partial charge in [-0.05, 0) is 26.2 Å². The lowest BCUT2D eigenvalue weighted by Gasteiger charge is -2.32. The molecule has 0 saturated heterocycles. The van der Waals surface area contributed by atoms with Crippen molar-refractivity contribution in [3.8, 4) is 0 Å². The number of aliphatic hydroxyl groups excluding tert-OH is 1. The van der Waals surface area contributed by atoms with Gasteiger partial charge in [0.05, 0.1) is 5.60 Å². The summed E-state index contributed by atoms with van der Waals surface area (Å²) in [5.41, 5.74) is -0.653. The van der Waals surface area contributed by atoms with Gasteiger partial charge in [-0.2, -0.15) is 0 Å². The summed E-state index contributed by atoms with van der Waals surface area (Å²) in [4.78, 5) is 0. The fourth-order valence-electron chi connectivity index (χ4n) is 2.00. The number of nitrogens with one attached hydrogen (secondary N) is 1. The van der Waals surface area contributed by atoms with E-state index in [4.69, 9.17) is 0 Å². The molecule has 0 aliphatic heterocycles. The van der Waals surface area contributed by atoms with Crippen LogP contribution in [0.25, 0.3) is 0 Å². The lowest BCUT2D eigenvalue weighted by Crippen LogP contribution is -2.43. The van der Waals surface area contributed by atoms with Crippen LogP contribution in [0.3, 0.4) is 0 Å². The summed E-state index contributed by atoms with van der Waals surface area (Å²) in [5, 5.41) is 22.7. The molecule has 3 N–H and O–H groups in total. The van der Waals surface area contributed by atoms with Crippen LogP contribution < -0.4 is 5.32 Å². The molecule has 0 aromatic carbocycles. The molecule has 0 saturated carbocycles. The lowest BCUT2D eigenvalue weighted by atomic mass is 9.83. The third kappa shape index (κ3) is 5.28.